The molecule has 0 radical (unpaired) electrons. The molecule has 0 aromatic heterocycles. The van der Waals surface area contributed by atoms with E-state index in [-0.39, 0.29) is 11.7 Å². The predicted octanol–water partition coefficient (Wildman–Crippen LogP) is 4.25. The number of amides is 1. The van der Waals surface area contributed by atoms with Gasteiger partial charge >= 0.3 is 0 Å². The molecule has 0 saturated heterocycles. The van der Waals surface area contributed by atoms with Crippen LogP contribution >= 0.6 is 0 Å². The minimum Gasteiger partial charge on any atom is -0.355 e. The highest BCUT2D eigenvalue weighted by molar-refractivity contribution is 5.89. The molecule has 2 nitrogen and oxygen atoms in total. The second-order valence-corrected chi connectivity index (χ2v) is 6.56. The molecule has 1 N–H and O–H groups in total. The van der Waals surface area contributed by atoms with Gasteiger partial charge < -0.3 is 5.32 Å². The van der Waals surface area contributed by atoms with Gasteiger partial charge in [0.25, 0.3) is 0 Å². The molecule has 22 heavy (non-hydrogen) atoms. The largest absolute Gasteiger partial charge is 0.355 e. The fourth-order valence-electron chi connectivity index (χ4n) is 3.58. The lowest BCUT2D eigenvalue weighted by atomic mass is 9.64. The fourth-order valence-corrected chi connectivity index (χ4v) is 3.58. The maximum absolute atomic E-state index is 13.1. The Morgan fingerprint density at radius 3 is 2.50 bits per heavy atom. The van der Waals surface area contributed by atoms with E-state index in [0.717, 1.165) is 31.2 Å². The van der Waals surface area contributed by atoms with Gasteiger partial charge in [0, 0.05) is 6.54 Å². The average Bonchev–Trinajstić information content (AvgIpc) is 2.49. The summed E-state index contributed by atoms with van der Waals surface area (Å²) in [6.45, 7) is 0.716. The van der Waals surface area contributed by atoms with Gasteiger partial charge in [-0.25, -0.2) is 4.39 Å². The highest BCUT2D eigenvalue weighted by Gasteiger charge is 2.45. The summed E-state index contributed by atoms with van der Waals surface area (Å²) in [4.78, 5) is 12.7. The summed E-state index contributed by atoms with van der Waals surface area (Å²) in [5.41, 5.74) is 2.01. The van der Waals surface area contributed by atoms with Gasteiger partial charge in [-0.15, -0.1) is 0 Å². The Morgan fingerprint density at radius 2 is 1.91 bits per heavy atom. The molecular formula is C19H24FNO. The maximum Gasteiger partial charge on any atom is 0.230 e. The van der Waals surface area contributed by atoms with Crippen molar-refractivity contribution in [3.05, 3.63) is 47.3 Å². The van der Waals surface area contributed by atoms with Crippen LogP contribution in [0.4, 0.5) is 4.39 Å². The summed E-state index contributed by atoms with van der Waals surface area (Å²) >= 11 is 0. The Bertz CT molecular complexity index is 557. The van der Waals surface area contributed by atoms with Crippen LogP contribution in [-0.2, 0) is 10.2 Å². The third-order valence-electron chi connectivity index (χ3n) is 5.16. The van der Waals surface area contributed by atoms with E-state index in [4.69, 9.17) is 0 Å². The van der Waals surface area contributed by atoms with E-state index >= 15 is 0 Å². The molecular weight excluding hydrogens is 277 g/mol. The normalized spacial score (nSPS) is 20.0. The summed E-state index contributed by atoms with van der Waals surface area (Å²) in [5.74, 6) is -0.135. The van der Waals surface area contributed by atoms with Gasteiger partial charge in [0.05, 0.1) is 5.41 Å². The van der Waals surface area contributed by atoms with E-state index in [1.165, 1.54) is 43.4 Å². The lowest BCUT2D eigenvalue weighted by Crippen LogP contribution is -2.49. The molecule has 1 fully saturated rings. The molecule has 1 aromatic carbocycles. The van der Waals surface area contributed by atoms with E-state index in [1.54, 1.807) is 12.1 Å². The number of hydrogen-bond donors (Lipinski definition) is 1. The second-order valence-electron chi connectivity index (χ2n) is 6.56. The molecule has 1 saturated carbocycles. The van der Waals surface area contributed by atoms with E-state index in [2.05, 4.69) is 11.4 Å². The van der Waals surface area contributed by atoms with Crippen molar-refractivity contribution in [3.63, 3.8) is 0 Å². The molecule has 0 atom stereocenters. The minimum absolute atomic E-state index is 0.113. The molecule has 0 heterocycles. The zero-order valence-electron chi connectivity index (χ0n) is 13.0. The van der Waals surface area contributed by atoms with Crippen molar-refractivity contribution >= 4 is 5.91 Å². The second kappa shape index (κ2) is 6.64. The lowest BCUT2D eigenvalue weighted by molar-refractivity contribution is -0.129. The first-order valence-electron chi connectivity index (χ1n) is 8.43. The van der Waals surface area contributed by atoms with Crippen LogP contribution < -0.4 is 5.32 Å². The van der Waals surface area contributed by atoms with E-state index in [9.17, 15) is 9.18 Å². The smallest absolute Gasteiger partial charge is 0.230 e. The molecule has 1 amide bonds. The SMILES string of the molecule is O=C(NCCC1=CCCCC1)C1(c2ccc(F)cc2)CCC1. The van der Waals surface area contributed by atoms with Gasteiger partial charge in [-0.05, 0) is 62.6 Å². The number of carbonyl (C=O) groups excluding carboxylic acids is 1. The van der Waals surface area contributed by atoms with Crippen molar-refractivity contribution in [2.75, 3.05) is 6.54 Å². The van der Waals surface area contributed by atoms with Crippen LogP contribution in [0.1, 0.15) is 56.9 Å². The van der Waals surface area contributed by atoms with Crippen molar-refractivity contribution in [2.24, 2.45) is 0 Å². The van der Waals surface area contributed by atoms with Crippen molar-refractivity contribution in [2.45, 2.75) is 56.8 Å². The molecule has 0 aliphatic heterocycles. The van der Waals surface area contributed by atoms with Crippen molar-refractivity contribution in [1.29, 1.82) is 0 Å². The van der Waals surface area contributed by atoms with Gasteiger partial charge in [0.2, 0.25) is 5.91 Å². The topological polar surface area (TPSA) is 29.1 Å². The molecule has 0 unspecified atom stereocenters. The summed E-state index contributed by atoms with van der Waals surface area (Å²) in [5, 5.41) is 3.11. The molecule has 2 aliphatic rings. The van der Waals surface area contributed by atoms with E-state index in [1.807, 2.05) is 0 Å². The Hall–Kier alpha value is -1.64. The third kappa shape index (κ3) is 3.08. The monoisotopic (exact) mass is 301 g/mol. The molecule has 118 valence electrons. The van der Waals surface area contributed by atoms with Crippen molar-refractivity contribution < 1.29 is 9.18 Å². The number of allylic oxidation sites excluding steroid dienone is 1. The van der Waals surface area contributed by atoms with Gasteiger partial charge in [-0.3, -0.25) is 4.79 Å². The molecule has 2 aliphatic carbocycles. The van der Waals surface area contributed by atoms with Crippen LogP contribution in [0.2, 0.25) is 0 Å². The van der Waals surface area contributed by atoms with E-state index in [0.29, 0.717) is 6.54 Å². The van der Waals surface area contributed by atoms with Crippen LogP contribution in [-0.4, -0.2) is 12.5 Å². The minimum atomic E-state index is -0.422. The van der Waals surface area contributed by atoms with E-state index < -0.39 is 5.41 Å². The number of hydrogen-bond acceptors (Lipinski definition) is 1. The number of nitrogens with one attached hydrogen (secondary N) is 1. The number of benzene rings is 1. The van der Waals surface area contributed by atoms with Crippen LogP contribution in [0.25, 0.3) is 0 Å². The number of carbonyl (C=O) groups is 1. The highest BCUT2D eigenvalue weighted by atomic mass is 19.1. The summed E-state index contributed by atoms with van der Waals surface area (Å²) < 4.78 is 13.1. The zero-order chi connectivity index (χ0) is 15.4. The van der Waals surface area contributed by atoms with Crippen molar-refractivity contribution in [1.82, 2.24) is 5.32 Å². The third-order valence-corrected chi connectivity index (χ3v) is 5.16. The maximum atomic E-state index is 13.1. The Morgan fingerprint density at radius 1 is 1.14 bits per heavy atom. The summed E-state index contributed by atoms with van der Waals surface area (Å²) in [6, 6.07) is 6.43. The van der Waals surface area contributed by atoms with Crippen molar-refractivity contribution in [3.8, 4) is 0 Å². The van der Waals surface area contributed by atoms with Gasteiger partial charge in [0.1, 0.15) is 5.82 Å². The Balaban J connectivity index is 1.59. The average molecular weight is 301 g/mol. The zero-order valence-corrected chi connectivity index (χ0v) is 13.0. The lowest BCUT2D eigenvalue weighted by Gasteiger charge is -2.40. The van der Waals surface area contributed by atoms with Crippen LogP contribution in [0, 0.1) is 5.82 Å². The van der Waals surface area contributed by atoms with Crippen LogP contribution in [0.3, 0.4) is 0 Å². The number of halogens is 1. The van der Waals surface area contributed by atoms with Gasteiger partial charge in [0.15, 0.2) is 0 Å². The predicted molar refractivity (Wildman–Crippen MR) is 86.1 cm³/mol. The first-order chi connectivity index (χ1) is 10.7. The molecule has 3 heteroatoms. The molecule has 0 spiro atoms. The Labute approximate surface area is 131 Å². The first-order valence-corrected chi connectivity index (χ1v) is 8.43. The van der Waals surface area contributed by atoms with Crippen LogP contribution in [0.15, 0.2) is 35.9 Å². The Kier molecular flexibility index (Phi) is 4.60. The van der Waals surface area contributed by atoms with Gasteiger partial charge in [-0.2, -0.15) is 0 Å². The summed E-state index contributed by atoms with van der Waals surface area (Å²) in [6.07, 6.45) is 11.0. The quantitative estimate of drug-likeness (QED) is 0.809. The first kappa shape index (κ1) is 15.3. The molecule has 1 aromatic rings. The molecule has 0 bridgehead atoms. The van der Waals surface area contributed by atoms with Crippen LogP contribution in [0.5, 0.6) is 0 Å². The van der Waals surface area contributed by atoms with Gasteiger partial charge in [-0.1, -0.05) is 30.2 Å². The summed E-state index contributed by atoms with van der Waals surface area (Å²) in [7, 11) is 0. The fraction of sp³-hybridized carbons (Fsp3) is 0.526. The highest BCUT2D eigenvalue weighted by Crippen LogP contribution is 2.44. The molecule has 3 rings (SSSR count). The number of rotatable bonds is 5. The standard InChI is InChI=1S/C19H24FNO/c20-17-9-7-16(8-10-17)19(12-4-13-19)18(22)21-14-11-15-5-2-1-3-6-15/h5,7-10H,1-4,6,11-14H2,(H,21,22).